The van der Waals surface area contributed by atoms with Crippen LogP contribution in [0.5, 0.6) is 6.01 Å². The van der Waals surface area contributed by atoms with Crippen molar-refractivity contribution in [1.82, 2.24) is 24.8 Å². The molecule has 1 unspecified atom stereocenters. The Kier molecular flexibility index (Phi) is 6.80. The second-order valence-electron chi connectivity index (χ2n) is 13.3. The number of rotatable bonds is 11. The maximum atomic E-state index is 14.9. The topological polar surface area (TPSA) is 112 Å². The van der Waals surface area contributed by atoms with E-state index in [4.69, 9.17) is 24.4 Å². The number of thiophene rings is 1. The summed E-state index contributed by atoms with van der Waals surface area (Å²) in [4.78, 5) is 23.3. The first-order valence-corrected chi connectivity index (χ1v) is 16.3. The Morgan fingerprint density at radius 1 is 1.29 bits per heavy atom. The number of ether oxygens (including phenoxy) is 2. The van der Waals surface area contributed by atoms with E-state index in [1.54, 1.807) is 12.3 Å². The number of hydrogen-bond acceptors (Lipinski definition) is 11. The zero-order valence-electron chi connectivity index (χ0n) is 25.5. The minimum atomic E-state index is -0.408. The van der Waals surface area contributed by atoms with Gasteiger partial charge in [0, 0.05) is 47.7 Å². The molecular weight excluding hydrogens is 591 g/mol. The van der Waals surface area contributed by atoms with Crippen LogP contribution in [-0.2, 0) is 4.74 Å². The number of aromatic nitrogens is 3. The summed E-state index contributed by atoms with van der Waals surface area (Å²) < 4.78 is 27.2. The highest BCUT2D eigenvalue weighted by molar-refractivity contribution is 7.23. The molecule has 2 atom stereocenters. The quantitative estimate of drug-likeness (QED) is 0.219. The molecule has 4 fully saturated rings. The van der Waals surface area contributed by atoms with Crippen LogP contribution in [-0.4, -0.2) is 96.1 Å². The van der Waals surface area contributed by atoms with Crippen LogP contribution in [0.3, 0.4) is 0 Å². The van der Waals surface area contributed by atoms with Crippen LogP contribution in [0, 0.1) is 22.6 Å². The van der Waals surface area contributed by atoms with Crippen LogP contribution >= 0.6 is 11.3 Å². The number of pyridine rings is 1. The first-order chi connectivity index (χ1) is 21.8. The Labute approximate surface area is 264 Å². The fourth-order valence-electron chi connectivity index (χ4n) is 6.97. The molecule has 2 aliphatic carbocycles. The molecule has 2 saturated carbocycles. The summed E-state index contributed by atoms with van der Waals surface area (Å²) in [6, 6.07) is 8.02. The van der Waals surface area contributed by atoms with Crippen LogP contribution in [0.4, 0.5) is 15.2 Å². The van der Waals surface area contributed by atoms with Gasteiger partial charge in [0.15, 0.2) is 0 Å². The molecule has 2 saturated heterocycles. The van der Waals surface area contributed by atoms with Crippen molar-refractivity contribution in [3.05, 3.63) is 35.8 Å². The lowest BCUT2D eigenvalue weighted by Crippen LogP contribution is -2.71. The van der Waals surface area contributed by atoms with Crippen LogP contribution in [0.25, 0.3) is 32.2 Å². The highest BCUT2D eigenvalue weighted by atomic mass is 32.1. The van der Waals surface area contributed by atoms with Crippen LogP contribution in [0.2, 0.25) is 0 Å². The highest BCUT2D eigenvalue weighted by Crippen LogP contribution is 2.49. The van der Waals surface area contributed by atoms with Crippen LogP contribution in [0.1, 0.15) is 37.7 Å². The number of likely N-dealkylation sites (tertiary alicyclic amines) is 1. The van der Waals surface area contributed by atoms with E-state index < -0.39 is 5.82 Å². The third-order valence-corrected chi connectivity index (χ3v) is 11.6. The van der Waals surface area contributed by atoms with Gasteiger partial charge in [-0.3, -0.25) is 14.9 Å². The molecule has 232 valence electrons. The summed E-state index contributed by atoms with van der Waals surface area (Å²) in [6.07, 6.45) is 7.88. The van der Waals surface area contributed by atoms with Gasteiger partial charge in [0.05, 0.1) is 52.2 Å². The summed E-state index contributed by atoms with van der Waals surface area (Å²) in [5, 5.41) is 15.2. The van der Waals surface area contributed by atoms with Crippen LogP contribution < -0.4 is 10.1 Å². The number of nitrogens with zero attached hydrogens (tertiary/aromatic N) is 7. The largest absolute Gasteiger partial charge is 0.463 e. The number of benzene rings is 1. The summed E-state index contributed by atoms with van der Waals surface area (Å²) >= 11 is 1.12. The molecular formula is C33H35FN8O2S. The average molecular weight is 627 g/mol. The van der Waals surface area contributed by atoms with Crippen molar-refractivity contribution in [2.45, 2.75) is 49.8 Å². The Morgan fingerprint density at radius 3 is 2.76 bits per heavy atom. The van der Waals surface area contributed by atoms with E-state index in [9.17, 15) is 9.65 Å². The van der Waals surface area contributed by atoms with E-state index in [-0.39, 0.29) is 11.0 Å². The van der Waals surface area contributed by atoms with Crippen molar-refractivity contribution < 1.29 is 13.9 Å². The summed E-state index contributed by atoms with van der Waals surface area (Å²) in [6.45, 7) is 7.74. The van der Waals surface area contributed by atoms with E-state index in [0.29, 0.717) is 68.0 Å². The Morgan fingerprint density at radius 2 is 2.13 bits per heavy atom. The number of anilines is 1. The fourth-order valence-corrected chi connectivity index (χ4v) is 7.96. The molecule has 0 radical (unpaired) electrons. The second-order valence-corrected chi connectivity index (χ2v) is 14.3. The number of hydrogen-bond donors (Lipinski definition) is 1. The molecule has 0 spiro atoms. The predicted octanol–water partition coefficient (Wildman–Crippen LogP) is 5.39. The molecule has 12 heteroatoms. The SMILES string of the molecule is C=Nc1sc2c(F)ccc(-c3cc4nc(OCC5(CN6C[C@H]7OCC76)CC5)nc(NCC5(N(C)C)CCC5)c4cn3)c2c1C#N. The van der Waals surface area contributed by atoms with Gasteiger partial charge in [-0.15, -0.1) is 11.3 Å². The smallest absolute Gasteiger partial charge is 0.318 e. The molecule has 5 heterocycles. The normalized spacial score (nSPS) is 22.6. The van der Waals surface area contributed by atoms with E-state index in [1.165, 1.54) is 12.5 Å². The molecule has 4 aliphatic rings. The maximum absolute atomic E-state index is 14.9. The Balaban J connectivity index is 1.15. The molecule has 0 bridgehead atoms. The van der Waals surface area contributed by atoms with Gasteiger partial charge in [-0.2, -0.15) is 15.2 Å². The molecule has 2 aliphatic heterocycles. The number of aliphatic imine (C=N–C) groups is 1. The number of nitrogens with one attached hydrogen (secondary N) is 1. The van der Waals surface area contributed by atoms with Gasteiger partial charge < -0.3 is 19.7 Å². The predicted molar refractivity (Wildman–Crippen MR) is 173 cm³/mol. The fraction of sp³-hybridized carbons (Fsp3) is 0.485. The zero-order valence-corrected chi connectivity index (χ0v) is 26.3. The molecule has 10 nitrogen and oxygen atoms in total. The lowest BCUT2D eigenvalue weighted by molar-refractivity contribution is -0.218. The van der Waals surface area contributed by atoms with E-state index >= 15 is 0 Å². The van der Waals surface area contributed by atoms with Gasteiger partial charge in [-0.25, -0.2) is 4.39 Å². The number of fused-ring (bicyclic) bond motifs is 3. The first kappa shape index (κ1) is 28.7. The maximum Gasteiger partial charge on any atom is 0.318 e. The van der Waals surface area contributed by atoms with Gasteiger partial charge in [-0.1, -0.05) is 0 Å². The number of likely N-dealkylation sites (N-methyl/N-ethyl adjacent to an activating group) is 1. The molecule has 3 aromatic heterocycles. The molecule has 0 amide bonds. The lowest BCUT2D eigenvalue weighted by Gasteiger charge is -2.55. The van der Waals surface area contributed by atoms with Gasteiger partial charge in [0.25, 0.3) is 0 Å². The monoisotopic (exact) mass is 626 g/mol. The van der Waals surface area contributed by atoms with E-state index in [1.807, 2.05) is 6.07 Å². The summed E-state index contributed by atoms with van der Waals surface area (Å²) in [5.41, 5.74) is 2.37. The first-order valence-electron chi connectivity index (χ1n) is 15.5. The minimum Gasteiger partial charge on any atom is -0.463 e. The van der Waals surface area contributed by atoms with Gasteiger partial charge in [0.2, 0.25) is 0 Å². The van der Waals surface area contributed by atoms with Crippen molar-refractivity contribution in [1.29, 1.82) is 5.26 Å². The molecule has 4 aromatic rings. The molecule has 1 N–H and O–H groups in total. The standard InChI is InChI=1S/C33H35FN8O2S/c1-36-30-20(12-35)27-19(5-6-22(34)28(27)45-30)23-11-24-21(13-37-23)29(38-16-33(41(2)3)7-4-8-33)40-31(39-24)44-18-32(9-10-32)17-42-14-26-25(42)15-43-26/h5-6,11,13,25-26H,1,4,7-10,14-18H2,2-3H3,(H,38,39,40)/t25?,26-/m1/s1. The van der Waals surface area contributed by atoms with Crippen molar-refractivity contribution in [2.75, 3.05) is 52.3 Å². The summed E-state index contributed by atoms with van der Waals surface area (Å²) in [7, 11) is 4.26. The number of halogens is 1. The van der Waals surface area contributed by atoms with Crippen molar-refractivity contribution in [3.8, 4) is 23.3 Å². The second kappa shape index (κ2) is 10.7. The third kappa shape index (κ3) is 4.76. The van der Waals surface area contributed by atoms with E-state index in [2.05, 4.69) is 47.0 Å². The molecule has 45 heavy (non-hydrogen) atoms. The van der Waals surface area contributed by atoms with Gasteiger partial charge >= 0.3 is 6.01 Å². The number of morpholine rings is 1. The minimum absolute atomic E-state index is 0.0767. The molecule has 8 rings (SSSR count). The highest BCUT2D eigenvalue weighted by Gasteiger charge is 2.53. The van der Waals surface area contributed by atoms with Crippen molar-refractivity contribution in [2.24, 2.45) is 10.4 Å². The molecule has 1 aromatic carbocycles. The Hall–Kier alpha value is -3.76. The van der Waals surface area contributed by atoms with Gasteiger partial charge in [0.1, 0.15) is 22.7 Å². The van der Waals surface area contributed by atoms with Crippen LogP contribution in [0.15, 0.2) is 29.4 Å². The Bertz CT molecular complexity index is 1880. The van der Waals surface area contributed by atoms with Crippen molar-refractivity contribution in [3.63, 3.8) is 0 Å². The average Bonchev–Trinajstić information content (AvgIpc) is 3.66. The lowest BCUT2D eigenvalue weighted by atomic mass is 9.75. The number of nitriles is 1. The third-order valence-electron chi connectivity index (χ3n) is 10.5. The van der Waals surface area contributed by atoms with Gasteiger partial charge in [-0.05, 0) is 71.1 Å². The van der Waals surface area contributed by atoms with Crippen molar-refractivity contribution >= 4 is 49.9 Å². The zero-order chi connectivity index (χ0) is 30.9. The van der Waals surface area contributed by atoms with E-state index in [0.717, 1.165) is 68.6 Å². The summed E-state index contributed by atoms with van der Waals surface area (Å²) in [5.74, 6) is 0.272.